The van der Waals surface area contributed by atoms with Crippen LogP contribution < -0.4 is 5.90 Å². The van der Waals surface area contributed by atoms with Gasteiger partial charge in [0.05, 0.1) is 6.61 Å². The fourth-order valence-electron chi connectivity index (χ4n) is 1.31. The van der Waals surface area contributed by atoms with Crippen LogP contribution in [0.5, 0.6) is 0 Å². The molecule has 1 saturated heterocycles. The molecular formula is C7H15NOS. The summed E-state index contributed by atoms with van der Waals surface area (Å²) in [6.07, 6.45) is 2.71. The minimum Gasteiger partial charge on any atom is -0.304 e. The molecule has 0 aromatic rings. The Kier molecular flexibility index (Phi) is 3.52. The van der Waals surface area contributed by atoms with Crippen LogP contribution in [-0.4, -0.2) is 17.6 Å². The van der Waals surface area contributed by atoms with Gasteiger partial charge in [0.15, 0.2) is 0 Å². The van der Waals surface area contributed by atoms with Crippen molar-refractivity contribution >= 4 is 11.8 Å². The summed E-state index contributed by atoms with van der Waals surface area (Å²) in [6.45, 7) is 2.91. The van der Waals surface area contributed by atoms with E-state index in [1.54, 1.807) is 0 Å². The smallest absolute Gasteiger partial charge is 0.0715 e. The highest BCUT2D eigenvalue weighted by molar-refractivity contribution is 8.00. The summed E-state index contributed by atoms with van der Waals surface area (Å²) < 4.78 is 0. The Labute approximate surface area is 66.5 Å². The molecule has 0 spiro atoms. The lowest BCUT2D eigenvalue weighted by Crippen LogP contribution is -2.19. The van der Waals surface area contributed by atoms with Gasteiger partial charge in [-0.15, -0.1) is 0 Å². The second-order valence-corrected chi connectivity index (χ2v) is 4.21. The van der Waals surface area contributed by atoms with Gasteiger partial charge in [-0.25, -0.2) is 5.90 Å². The van der Waals surface area contributed by atoms with Crippen LogP contribution in [-0.2, 0) is 4.84 Å². The standard InChI is InChI=1S/C7H15NOS/c1-6(5-9-8)7-3-2-4-10-7/h6-7H,2-5,8H2,1H3. The van der Waals surface area contributed by atoms with Crippen molar-refractivity contribution in [3.63, 3.8) is 0 Å². The first-order valence-electron chi connectivity index (χ1n) is 3.78. The van der Waals surface area contributed by atoms with Crippen LogP contribution in [0, 0.1) is 5.92 Å². The van der Waals surface area contributed by atoms with Crippen molar-refractivity contribution < 1.29 is 4.84 Å². The maximum absolute atomic E-state index is 4.99. The van der Waals surface area contributed by atoms with E-state index in [0.717, 1.165) is 5.25 Å². The first-order valence-corrected chi connectivity index (χ1v) is 4.82. The lowest BCUT2D eigenvalue weighted by molar-refractivity contribution is 0.106. The zero-order chi connectivity index (χ0) is 7.40. The van der Waals surface area contributed by atoms with Crippen LogP contribution in [0.25, 0.3) is 0 Å². The molecule has 0 aromatic carbocycles. The van der Waals surface area contributed by atoms with Gasteiger partial charge in [-0.05, 0) is 24.5 Å². The molecule has 0 aliphatic carbocycles. The average Bonchev–Trinajstić information content (AvgIpc) is 2.38. The Morgan fingerprint density at radius 3 is 3.10 bits per heavy atom. The van der Waals surface area contributed by atoms with Gasteiger partial charge < -0.3 is 4.84 Å². The monoisotopic (exact) mass is 161 g/mol. The zero-order valence-corrected chi connectivity index (χ0v) is 7.19. The van der Waals surface area contributed by atoms with Crippen molar-refractivity contribution in [1.29, 1.82) is 0 Å². The normalized spacial score (nSPS) is 28.8. The Hall–Kier alpha value is 0.270. The van der Waals surface area contributed by atoms with Crippen molar-refractivity contribution in [2.24, 2.45) is 11.8 Å². The predicted molar refractivity (Wildman–Crippen MR) is 44.8 cm³/mol. The number of hydrogen-bond donors (Lipinski definition) is 1. The molecular weight excluding hydrogens is 146 g/mol. The minimum atomic E-state index is 0.623. The summed E-state index contributed by atoms with van der Waals surface area (Å²) in [5, 5.41) is 0.795. The van der Waals surface area contributed by atoms with Gasteiger partial charge in [-0.2, -0.15) is 11.8 Å². The topological polar surface area (TPSA) is 35.2 Å². The lowest BCUT2D eigenvalue weighted by Gasteiger charge is -2.15. The number of thioether (sulfide) groups is 1. The molecule has 60 valence electrons. The van der Waals surface area contributed by atoms with E-state index in [9.17, 15) is 0 Å². The molecule has 0 aromatic heterocycles. The summed E-state index contributed by atoms with van der Waals surface area (Å²) in [4.78, 5) is 4.60. The highest BCUT2D eigenvalue weighted by atomic mass is 32.2. The van der Waals surface area contributed by atoms with Crippen LogP contribution in [0.4, 0.5) is 0 Å². The molecule has 1 aliphatic rings. The second kappa shape index (κ2) is 4.21. The van der Waals surface area contributed by atoms with E-state index in [0.29, 0.717) is 12.5 Å². The molecule has 10 heavy (non-hydrogen) atoms. The molecule has 1 aliphatic heterocycles. The van der Waals surface area contributed by atoms with E-state index < -0.39 is 0 Å². The Bertz CT molecular complexity index is 93.6. The first-order chi connectivity index (χ1) is 4.84. The minimum absolute atomic E-state index is 0.623. The quantitative estimate of drug-likeness (QED) is 0.636. The highest BCUT2D eigenvalue weighted by Gasteiger charge is 2.21. The van der Waals surface area contributed by atoms with Crippen molar-refractivity contribution in [2.45, 2.75) is 25.0 Å². The maximum Gasteiger partial charge on any atom is 0.0715 e. The number of rotatable bonds is 3. The third-order valence-electron chi connectivity index (χ3n) is 1.96. The first kappa shape index (κ1) is 8.37. The SMILES string of the molecule is CC(CON)C1CCCS1. The number of hydrogen-bond acceptors (Lipinski definition) is 3. The van der Waals surface area contributed by atoms with Gasteiger partial charge >= 0.3 is 0 Å². The molecule has 0 bridgehead atoms. The molecule has 0 saturated carbocycles. The van der Waals surface area contributed by atoms with Crippen LogP contribution in [0.3, 0.4) is 0 Å². The van der Waals surface area contributed by atoms with Gasteiger partial charge in [-0.1, -0.05) is 6.92 Å². The van der Waals surface area contributed by atoms with E-state index in [-0.39, 0.29) is 0 Å². The molecule has 1 fully saturated rings. The molecule has 2 unspecified atom stereocenters. The van der Waals surface area contributed by atoms with Gasteiger partial charge in [0.25, 0.3) is 0 Å². The second-order valence-electron chi connectivity index (χ2n) is 2.86. The van der Waals surface area contributed by atoms with E-state index >= 15 is 0 Å². The molecule has 1 heterocycles. The summed E-state index contributed by atoms with van der Waals surface area (Å²) >= 11 is 2.05. The molecule has 2 atom stereocenters. The van der Waals surface area contributed by atoms with Gasteiger partial charge in [0.1, 0.15) is 0 Å². The van der Waals surface area contributed by atoms with Gasteiger partial charge in [0, 0.05) is 5.25 Å². The molecule has 0 amide bonds. The predicted octanol–water partition coefficient (Wildman–Crippen LogP) is 1.41. The van der Waals surface area contributed by atoms with Crippen molar-refractivity contribution in [2.75, 3.05) is 12.4 Å². The Morgan fingerprint density at radius 2 is 2.60 bits per heavy atom. The summed E-state index contributed by atoms with van der Waals surface area (Å²) in [5.74, 6) is 6.93. The highest BCUT2D eigenvalue weighted by Crippen LogP contribution is 2.31. The van der Waals surface area contributed by atoms with Crippen LogP contribution in [0.2, 0.25) is 0 Å². The van der Waals surface area contributed by atoms with Crippen molar-refractivity contribution in [3.05, 3.63) is 0 Å². The zero-order valence-electron chi connectivity index (χ0n) is 6.38. The van der Waals surface area contributed by atoms with E-state index in [1.807, 2.05) is 0 Å². The molecule has 3 heteroatoms. The van der Waals surface area contributed by atoms with Crippen molar-refractivity contribution in [3.8, 4) is 0 Å². The Balaban J connectivity index is 2.18. The van der Waals surface area contributed by atoms with Crippen LogP contribution in [0.15, 0.2) is 0 Å². The maximum atomic E-state index is 4.99. The summed E-state index contributed by atoms with van der Waals surface area (Å²) in [7, 11) is 0. The Morgan fingerprint density at radius 1 is 1.80 bits per heavy atom. The fourth-order valence-corrected chi connectivity index (χ4v) is 2.69. The summed E-state index contributed by atoms with van der Waals surface area (Å²) in [5.41, 5.74) is 0. The third kappa shape index (κ3) is 2.15. The lowest BCUT2D eigenvalue weighted by atomic mass is 10.1. The van der Waals surface area contributed by atoms with Crippen molar-refractivity contribution in [1.82, 2.24) is 0 Å². The van der Waals surface area contributed by atoms with Crippen LogP contribution >= 0.6 is 11.8 Å². The third-order valence-corrected chi connectivity index (χ3v) is 3.61. The van der Waals surface area contributed by atoms with Gasteiger partial charge in [0.2, 0.25) is 0 Å². The average molecular weight is 161 g/mol. The van der Waals surface area contributed by atoms with E-state index in [2.05, 4.69) is 23.5 Å². The van der Waals surface area contributed by atoms with E-state index in [4.69, 9.17) is 5.90 Å². The van der Waals surface area contributed by atoms with Crippen LogP contribution in [0.1, 0.15) is 19.8 Å². The fraction of sp³-hybridized carbons (Fsp3) is 1.00. The molecule has 2 N–H and O–H groups in total. The molecule has 1 rings (SSSR count). The van der Waals surface area contributed by atoms with Gasteiger partial charge in [-0.3, -0.25) is 0 Å². The largest absolute Gasteiger partial charge is 0.304 e. The number of nitrogens with two attached hydrogens (primary N) is 1. The summed E-state index contributed by atoms with van der Waals surface area (Å²) in [6, 6.07) is 0. The molecule has 2 nitrogen and oxygen atoms in total. The molecule has 0 radical (unpaired) electrons. The van der Waals surface area contributed by atoms with E-state index in [1.165, 1.54) is 18.6 Å².